The number of hydrogen-bond acceptors (Lipinski definition) is 7. The van der Waals surface area contributed by atoms with Crippen LogP contribution in [0.15, 0.2) is 36.4 Å². The van der Waals surface area contributed by atoms with Crippen molar-refractivity contribution in [1.82, 2.24) is 9.27 Å². The molecule has 12 heteroatoms. The summed E-state index contributed by atoms with van der Waals surface area (Å²) >= 11 is 8.01. The summed E-state index contributed by atoms with van der Waals surface area (Å²) in [7, 11) is -4.17. The van der Waals surface area contributed by atoms with Gasteiger partial charge in [-0.15, -0.1) is 0 Å². The number of hydrogen-bond donors (Lipinski definition) is 3. The average Bonchev–Trinajstić information content (AvgIpc) is 3.33. The van der Waals surface area contributed by atoms with Crippen molar-refractivity contribution in [3.63, 3.8) is 0 Å². The topological polar surface area (TPSA) is 129 Å². The van der Waals surface area contributed by atoms with Crippen LogP contribution >= 0.6 is 23.1 Å². The molecule has 4 N–H and O–H groups in total. The lowest BCUT2D eigenvalue weighted by Crippen LogP contribution is -2.47. The molecule has 0 radical (unpaired) electrons. The zero-order chi connectivity index (χ0) is 23.6. The number of carbonyl (C=O) groups is 1. The Kier molecular flexibility index (Phi) is 7.17. The average molecular weight is 510 g/mol. The SMILES string of the molecule is NS(=O)(=O)O.O=C1Cc2cc(CCN3CCN(c4nsc5ccccc45)CC3)c(Cl)cc2N1. The van der Waals surface area contributed by atoms with E-state index in [1.54, 1.807) is 11.5 Å². The minimum absolute atomic E-state index is 0.0499. The molecule has 2 aliphatic rings. The van der Waals surface area contributed by atoms with E-state index in [1.807, 2.05) is 6.07 Å². The number of carbonyl (C=O) groups excluding carboxylic acids is 1. The third-order valence-corrected chi connectivity index (χ3v) is 6.79. The summed E-state index contributed by atoms with van der Waals surface area (Å²) in [5.41, 5.74) is 3.05. The Labute approximate surface area is 201 Å². The number of amides is 1. The molecule has 0 unspecified atom stereocenters. The number of rotatable bonds is 4. The Hall–Kier alpha value is -2.28. The molecular formula is C21H24ClN5O4S2. The van der Waals surface area contributed by atoms with E-state index < -0.39 is 10.3 Å². The van der Waals surface area contributed by atoms with Crippen molar-refractivity contribution in [2.75, 3.05) is 42.9 Å². The smallest absolute Gasteiger partial charge is 0.330 e. The first-order valence-electron chi connectivity index (χ1n) is 10.4. The predicted molar refractivity (Wildman–Crippen MR) is 131 cm³/mol. The molecule has 2 aliphatic heterocycles. The summed E-state index contributed by atoms with van der Waals surface area (Å²) in [6.07, 6.45) is 1.36. The number of fused-ring (bicyclic) bond motifs is 2. The van der Waals surface area contributed by atoms with Crippen molar-refractivity contribution in [3.8, 4) is 0 Å². The van der Waals surface area contributed by atoms with Gasteiger partial charge < -0.3 is 10.2 Å². The van der Waals surface area contributed by atoms with Gasteiger partial charge in [0.05, 0.1) is 11.1 Å². The van der Waals surface area contributed by atoms with Crippen LogP contribution in [0.1, 0.15) is 11.1 Å². The van der Waals surface area contributed by atoms with Crippen molar-refractivity contribution in [1.29, 1.82) is 0 Å². The Morgan fingerprint density at radius 2 is 1.88 bits per heavy atom. The maximum absolute atomic E-state index is 11.6. The number of benzene rings is 2. The van der Waals surface area contributed by atoms with E-state index >= 15 is 0 Å². The highest BCUT2D eigenvalue weighted by molar-refractivity contribution is 7.83. The first-order valence-corrected chi connectivity index (χ1v) is 13.0. The van der Waals surface area contributed by atoms with Crippen LogP contribution < -0.4 is 15.4 Å². The molecule has 2 aromatic carbocycles. The standard InChI is InChI=1S/C21H21ClN4OS.H3NO3S/c22-17-13-18-15(12-20(27)23-18)11-14(17)5-6-25-7-9-26(10-8-25)21-16-3-1-2-4-19(16)28-24-21;1-5(2,3)4/h1-4,11,13H,5-10,12H2,(H,23,27);(H3,1,2,3,4). The molecule has 0 aliphatic carbocycles. The van der Waals surface area contributed by atoms with Gasteiger partial charge in [0.15, 0.2) is 0 Å². The van der Waals surface area contributed by atoms with E-state index in [0.717, 1.165) is 66.8 Å². The van der Waals surface area contributed by atoms with Gasteiger partial charge in [-0.3, -0.25) is 14.2 Å². The van der Waals surface area contributed by atoms with Crippen LogP contribution in [0.3, 0.4) is 0 Å². The van der Waals surface area contributed by atoms with Gasteiger partial charge in [-0.1, -0.05) is 29.8 Å². The molecule has 0 bridgehead atoms. The van der Waals surface area contributed by atoms with Gasteiger partial charge in [0.2, 0.25) is 5.91 Å². The lowest BCUT2D eigenvalue weighted by Gasteiger charge is -2.35. The lowest BCUT2D eigenvalue weighted by atomic mass is 10.1. The Morgan fingerprint density at radius 3 is 2.61 bits per heavy atom. The maximum Gasteiger partial charge on any atom is 0.330 e. The quantitative estimate of drug-likeness (QED) is 0.461. The van der Waals surface area contributed by atoms with E-state index in [1.165, 1.54) is 10.1 Å². The van der Waals surface area contributed by atoms with E-state index in [4.69, 9.17) is 24.6 Å². The van der Waals surface area contributed by atoms with Crippen molar-refractivity contribution in [3.05, 3.63) is 52.5 Å². The maximum atomic E-state index is 11.6. The molecular weight excluding hydrogens is 486 g/mol. The summed E-state index contributed by atoms with van der Waals surface area (Å²) in [5.74, 6) is 1.17. The summed E-state index contributed by atoms with van der Waals surface area (Å²) in [5, 5.41) is 8.74. The van der Waals surface area contributed by atoms with Crippen molar-refractivity contribution in [2.24, 2.45) is 5.14 Å². The van der Waals surface area contributed by atoms with Gasteiger partial charge in [-0.25, -0.2) is 5.14 Å². The van der Waals surface area contributed by atoms with Gasteiger partial charge in [0, 0.05) is 48.8 Å². The van der Waals surface area contributed by atoms with Crippen LogP contribution in [-0.4, -0.2) is 60.9 Å². The van der Waals surface area contributed by atoms with Crippen LogP contribution in [0.25, 0.3) is 10.1 Å². The van der Waals surface area contributed by atoms with Crippen LogP contribution in [0.2, 0.25) is 5.02 Å². The third kappa shape index (κ3) is 6.19. The number of anilines is 2. The summed E-state index contributed by atoms with van der Waals surface area (Å²) in [6, 6.07) is 12.4. The van der Waals surface area contributed by atoms with E-state index in [0.29, 0.717) is 6.42 Å². The summed E-state index contributed by atoms with van der Waals surface area (Å²) in [6.45, 7) is 5.00. The van der Waals surface area contributed by atoms with Gasteiger partial charge in [-0.2, -0.15) is 12.8 Å². The monoisotopic (exact) mass is 509 g/mol. The predicted octanol–water partition coefficient (Wildman–Crippen LogP) is 2.56. The molecule has 5 rings (SSSR count). The highest BCUT2D eigenvalue weighted by Gasteiger charge is 2.22. The molecule has 176 valence electrons. The van der Waals surface area contributed by atoms with E-state index in [2.05, 4.69) is 55.0 Å². The molecule has 3 heterocycles. The summed E-state index contributed by atoms with van der Waals surface area (Å²) < 4.78 is 31.1. The van der Waals surface area contributed by atoms with Crippen LogP contribution in [0.5, 0.6) is 0 Å². The Morgan fingerprint density at radius 1 is 1.18 bits per heavy atom. The molecule has 1 saturated heterocycles. The first kappa shape index (κ1) is 23.9. The van der Waals surface area contributed by atoms with Crippen molar-refractivity contribution >= 4 is 60.9 Å². The van der Waals surface area contributed by atoms with Crippen LogP contribution in [-0.2, 0) is 27.9 Å². The highest BCUT2D eigenvalue weighted by atomic mass is 35.5. The van der Waals surface area contributed by atoms with Crippen LogP contribution in [0.4, 0.5) is 11.5 Å². The highest BCUT2D eigenvalue weighted by Crippen LogP contribution is 2.31. The van der Waals surface area contributed by atoms with Crippen molar-refractivity contribution in [2.45, 2.75) is 12.8 Å². The fraction of sp³-hybridized carbons (Fsp3) is 0.333. The Balaban J connectivity index is 0.000000471. The molecule has 0 saturated carbocycles. The molecule has 1 aromatic heterocycles. The zero-order valence-corrected chi connectivity index (χ0v) is 20.1. The fourth-order valence-electron chi connectivity index (χ4n) is 4.05. The number of nitrogens with one attached hydrogen (secondary N) is 1. The largest absolute Gasteiger partial charge is 0.353 e. The minimum atomic E-state index is -4.17. The van der Waals surface area contributed by atoms with Gasteiger partial charge >= 0.3 is 10.3 Å². The third-order valence-electron chi connectivity index (χ3n) is 5.62. The second-order valence-electron chi connectivity index (χ2n) is 7.92. The number of piperazine rings is 1. The van der Waals surface area contributed by atoms with Gasteiger partial charge in [0.1, 0.15) is 5.82 Å². The minimum Gasteiger partial charge on any atom is -0.353 e. The van der Waals surface area contributed by atoms with E-state index in [-0.39, 0.29) is 5.91 Å². The number of nitrogens with zero attached hydrogens (tertiary/aromatic N) is 3. The molecule has 3 aromatic rings. The molecule has 1 amide bonds. The van der Waals surface area contributed by atoms with Gasteiger partial charge in [-0.05, 0) is 47.3 Å². The lowest BCUT2D eigenvalue weighted by molar-refractivity contribution is -0.115. The number of aromatic nitrogens is 1. The van der Waals surface area contributed by atoms with Gasteiger partial charge in [0.25, 0.3) is 0 Å². The number of halogens is 1. The fourth-order valence-corrected chi connectivity index (χ4v) is 5.11. The normalized spacial score (nSPS) is 16.3. The molecule has 1 fully saturated rings. The van der Waals surface area contributed by atoms with E-state index in [9.17, 15) is 4.79 Å². The van der Waals surface area contributed by atoms with Crippen LogP contribution in [0, 0.1) is 0 Å². The molecule has 9 nitrogen and oxygen atoms in total. The molecule has 0 atom stereocenters. The Bertz CT molecular complexity index is 1260. The molecule has 33 heavy (non-hydrogen) atoms. The molecule has 0 spiro atoms. The van der Waals surface area contributed by atoms with Crippen molar-refractivity contribution < 1.29 is 17.8 Å². The second kappa shape index (κ2) is 9.92. The summed E-state index contributed by atoms with van der Waals surface area (Å²) in [4.78, 5) is 16.4. The second-order valence-corrected chi connectivity index (χ2v) is 10.2. The zero-order valence-electron chi connectivity index (χ0n) is 17.7. The number of nitrogens with two attached hydrogens (primary N) is 1. The first-order chi connectivity index (χ1) is 15.7.